The largest absolute Gasteiger partial charge is 0.288 e. The molecule has 0 unspecified atom stereocenters. The fraction of sp³-hybridized carbons (Fsp3) is 0.154. The third-order valence-corrected chi connectivity index (χ3v) is 2.64. The van der Waals surface area contributed by atoms with Crippen LogP contribution in [0.1, 0.15) is 34.1 Å². The van der Waals surface area contributed by atoms with Crippen molar-refractivity contribution in [2.75, 3.05) is 0 Å². The molecule has 0 radical (unpaired) electrons. The quantitative estimate of drug-likeness (QED) is 0.529. The number of carbonyl (C=O) groups is 2. The number of carbonyl (C=O) groups excluding carboxylic acids is 2. The van der Waals surface area contributed by atoms with E-state index in [4.69, 9.17) is 5.26 Å². The summed E-state index contributed by atoms with van der Waals surface area (Å²) in [5.74, 6) is -0.512. The Morgan fingerprint density at radius 2 is 1.69 bits per heavy atom. The van der Waals surface area contributed by atoms with Crippen LogP contribution in [-0.4, -0.2) is 11.6 Å². The van der Waals surface area contributed by atoms with Crippen LogP contribution in [0.4, 0.5) is 0 Å². The SMILES string of the molecule is CC(CC#N)=C1C(=O)c2ccccc2C1=O. The van der Waals surface area contributed by atoms with Crippen LogP contribution < -0.4 is 0 Å². The van der Waals surface area contributed by atoms with Gasteiger partial charge in [0.2, 0.25) is 0 Å². The third kappa shape index (κ3) is 1.36. The third-order valence-electron chi connectivity index (χ3n) is 2.64. The highest BCUT2D eigenvalue weighted by Gasteiger charge is 2.33. The smallest absolute Gasteiger partial charge is 0.197 e. The lowest BCUT2D eigenvalue weighted by Gasteiger charge is -1.97. The number of hydrogen-bond donors (Lipinski definition) is 0. The molecule has 0 heterocycles. The van der Waals surface area contributed by atoms with Crippen molar-refractivity contribution in [1.29, 1.82) is 5.26 Å². The first-order chi connectivity index (χ1) is 7.66. The van der Waals surface area contributed by atoms with Gasteiger partial charge in [-0.15, -0.1) is 0 Å². The molecule has 16 heavy (non-hydrogen) atoms. The summed E-state index contributed by atoms with van der Waals surface area (Å²) in [6, 6.07) is 8.69. The number of hydrogen-bond acceptors (Lipinski definition) is 3. The summed E-state index contributed by atoms with van der Waals surface area (Å²) in [5.41, 5.74) is 1.61. The molecule has 0 saturated carbocycles. The average molecular weight is 211 g/mol. The highest BCUT2D eigenvalue weighted by molar-refractivity contribution is 6.39. The summed E-state index contributed by atoms with van der Waals surface area (Å²) in [5, 5.41) is 8.58. The van der Waals surface area contributed by atoms with E-state index in [1.165, 1.54) is 0 Å². The van der Waals surface area contributed by atoms with Gasteiger partial charge in [-0.1, -0.05) is 24.3 Å². The van der Waals surface area contributed by atoms with Crippen LogP contribution in [0.15, 0.2) is 35.4 Å². The molecule has 3 heteroatoms. The van der Waals surface area contributed by atoms with Crippen LogP contribution in [0.3, 0.4) is 0 Å². The molecule has 1 aliphatic rings. The molecule has 0 amide bonds. The summed E-state index contributed by atoms with van der Waals surface area (Å²) in [7, 11) is 0. The normalized spacial score (nSPS) is 13.6. The van der Waals surface area contributed by atoms with Crippen molar-refractivity contribution in [2.24, 2.45) is 0 Å². The van der Waals surface area contributed by atoms with Gasteiger partial charge in [-0.25, -0.2) is 0 Å². The molecule has 3 nitrogen and oxygen atoms in total. The summed E-state index contributed by atoms with van der Waals surface area (Å²) < 4.78 is 0. The summed E-state index contributed by atoms with van der Waals surface area (Å²) in [4.78, 5) is 23.9. The van der Waals surface area contributed by atoms with Crippen LogP contribution in [0.5, 0.6) is 0 Å². The van der Waals surface area contributed by atoms with E-state index in [-0.39, 0.29) is 23.6 Å². The van der Waals surface area contributed by atoms with Crippen LogP contribution in [0.2, 0.25) is 0 Å². The van der Waals surface area contributed by atoms with Gasteiger partial charge < -0.3 is 0 Å². The molecule has 0 atom stereocenters. The van der Waals surface area contributed by atoms with Gasteiger partial charge in [-0.2, -0.15) is 5.26 Å². The Kier molecular flexibility index (Phi) is 2.41. The highest BCUT2D eigenvalue weighted by atomic mass is 16.2. The maximum Gasteiger partial charge on any atom is 0.197 e. The number of ketones is 2. The molecule has 0 fully saturated rings. The Balaban J connectivity index is 2.60. The van der Waals surface area contributed by atoms with E-state index in [1.54, 1.807) is 31.2 Å². The minimum absolute atomic E-state index is 0.112. The van der Waals surface area contributed by atoms with Gasteiger partial charge in [0.05, 0.1) is 18.1 Å². The van der Waals surface area contributed by atoms with Gasteiger partial charge in [0.1, 0.15) is 0 Å². The minimum atomic E-state index is -0.256. The molecule has 2 rings (SSSR count). The first-order valence-corrected chi connectivity index (χ1v) is 4.92. The zero-order chi connectivity index (χ0) is 11.7. The molecule has 78 valence electrons. The van der Waals surface area contributed by atoms with Crippen molar-refractivity contribution in [3.05, 3.63) is 46.5 Å². The molecule has 1 aromatic carbocycles. The van der Waals surface area contributed by atoms with Gasteiger partial charge in [0.25, 0.3) is 0 Å². The van der Waals surface area contributed by atoms with Crippen molar-refractivity contribution in [1.82, 2.24) is 0 Å². The van der Waals surface area contributed by atoms with E-state index in [9.17, 15) is 9.59 Å². The van der Waals surface area contributed by atoms with Crippen molar-refractivity contribution in [2.45, 2.75) is 13.3 Å². The predicted molar refractivity (Wildman–Crippen MR) is 58.0 cm³/mol. The maximum atomic E-state index is 11.9. The van der Waals surface area contributed by atoms with Crippen LogP contribution in [0.25, 0.3) is 0 Å². The molecule has 1 aromatic rings. The average Bonchev–Trinajstić information content (AvgIpc) is 2.53. The van der Waals surface area contributed by atoms with Crippen molar-refractivity contribution >= 4 is 11.6 Å². The fourth-order valence-corrected chi connectivity index (χ4v) is 1.85. The van der Waals surface area contributed by atoms with E-state index in [0.29, 0.717) is 16.7 Å². The lowest BCUT2D eigenvalue weighted by atomic mass is 10.0. The summed E-state index contributed by atoms with van der Waals surface area (Å²) in [6.45, 7) is 1.65. The minimum Gasteiger partial charge on any atom is -0.288 e. The summed E-state index contributed by atoms with van der Waals surface area (Å²) >= 11 is 0. The number of Topliss-reactive ketones (excluding diaryl/α,β-unsaturated/α-hetero) is 2. The predicted octanol–water partition coefficient (Wildman–Crippen LogP) is 2.30. The zero-order valence-corrected chi connectivity index (χ0v) is 8.78. The Morgan fingerprint density at radius 3 is 2.12 bits per heavy atom. The van der Waals surface area contributed by atoms with Gasteiger partial charge in [0, 0.05) is 11.1 Å². The van der Waals surface area contributed by atoms with E-state index < -0.39 is 0 Å². The number of rotatable bonds is 1. The van der Waals surface area contributed by atoms with Gasteiger partial charge >= 0.3 is 0 Å². The van der Waals surface area contributed by atoms with E-state index in [0.717, 1.165) is 0 Å². The molecule has 1 aliphatic carbocycles. The highest BCUT2D eigenvalue weighted by Crippen LogP contribution is 2.28. The van der Waals surface area contributed by atoms with Crippen molar-refractivity contribution in [3.63, 3.8) is 0 Å². The van der Waals surface area contributed by atoms with E-state index in [1.807, 2.05) is 6.07 Å². The van der Waals surface area contributed by atoms with Crippen molar-refractivity contribution < 1.29 is 9.59 Å². The molecular formula is C13H9NO2. The Bertz CT molecular complexity index is 525. The van der Waals surface area contributed by atoms with Gasteiger partial charge in [0.15, 0.2) is 11.6 Å². The Morgan fingerprint density at radius 1 is 1.19 bits per heavy atom. The Hall–Kier alpha value is -2.21. The number of nitriles is 1. The van der Waals surface area contributed by atoms with Gasteiger partial charge in [-0.3, -0.25) is 9.59 Å². The number of fused-ring (bicyclic) bond motifs is 1. The zero-order valence-electron chi connectivity index (χ0n) is 8.78. The van der Waals surface area contributed by atoms with Crippen LogP contribution >= 0.6 is 0 Å². The number of allylic oxidation sites excluding steroid dienone is 2. The lowest BCUT2D eigenvalue weighted by Crippen LogP contribution is -2.03. The second kappa shape index (κ2) is 3.74. The molecule has 0 aromatic heterocycles. The second-order valence-electron chi connectivity index (χ2n) is 3.69. The molecule has 0 N–H and O–H groups in total. The van der Waals surface area contributed by atoms with Crippen LogP contribution in [0, 0.1) is 11.3 Å². The van der Waals surface area contributed by atoms with Crippen LogP contribution in [-0.2, 0) is 0 Å². The van der Waals surface area contributed by atoms with E-state index >= 15 is 0 Å². The first-order valence-electron chi connectivity index (χ1n) is 4.92. The van der Waals surface area contributed by atoms with Gasteiger partial charge in [-0.05, 0) is 12.5 Å². The standard InChI is InChI=1S/C13H9NO2/c1-8(6-7-14)11-12(15)9-4-2-3-5-10(9)13(11)16/h2-5H,6H2,1H3. The maximum absolute atomic E-state index is 11.9. The molecular weight excluding hydrogens is 202 g/mol. The molecule has 0 saturated heterocycles. The monoisotopic (exact) mass is 211 g/mol. The molecule has 0 bridgehead atoms. The lowest BCUT2D eigenvalue weighted by molar-refractivity contribution is 0.0987. The number of nitrogens with zero attached hydrogens (tertiary/aromatic N) is 1. The first kappa shape index (κ1) is 10.3. The fourth-order valence-electron chi connectivity index (χ4n) is 1.85. The molecule has 0 spiro atoms. The summed E-state index contributed by atoms with van der Waals surface area (Å²) in [6.07, 6.45) is 0.112. The Labute approximate surface area is 93.0 Å². The molecule has 0 aliphatic heterocycles. The topological polar surface area (TPSA) is 57.9 Å². The number of benzene rings is 1. The second-order valence-corrected chi connectivity index (χ2v) is 3.69. The van der Waals surface area contributed by atoms with E-state index in [2.05, 4.69) is 0 Å². The van der Waals surface area contributed by atoms with Crippen molar-refractivity contribution in [3.8, 4) is 6.07 Å².